The summed E-state index contributed by atoms with van der Waals surface area (Å²) in [4.78, 5) is 4.63. The van der Waals surface area contributed by atoms with Gasteiger partial charge < -0.3 is 20.3 Å². The van der Waals surface area contributed by atoms with Crippen LogP contribution in [0.3, 0.4) is 0 Å². The smallest absolute Gasteiger partial charge is 0.283 e. The van der Waals surface area contributed by atoms with Gasteiger partial charge in [-0.3, -0.25) is 0 Å². The third-order valence-corrected chi connectivity index (χ3v) is 4.77. The highest BCUT2D eigenvalue weighted by atomic mass is 79.9. The van der Waals surface area contributed by atoms with Crippen LogP contribution < -0.4 is 10.5 Å². The van der Waals surface area contributed by atoms with Crippen molar-refractivity contribution in [3.8, 4) is 23.3 Å². The fourth-order valence-electron chi connectivity index (χ4n) is 3.13. The fourth-order valence-corrected chi connectivity index (χ4v) is 3.49. The van der Waals surface area contributed by atoms with Crippen molar-refractivity contribution in [3.05, 3.63) is 57.6 Å². The average molecular weight is 413 g/mol. The summed E-state index contributed by atoms with van der Waals surface area (Å²) in [6.45, 7) is 3.58. The van der Waals surface area contributed by atoms with Gasteiger partial charge in [-0.25, -0.2) is 4.99 Å². The van der Waals surface area contributed by atoms with Gasteiger partial charge in [-0.05, 0) is 50.2 Å². The quantitative estimate of drug-likeness (QED) is 0.650. The van der Waals surface area contributed by atoms with E-state index < -0.39 is 11.1 Å². The Hall–Kier alpha value is -2.49. The second kappa shape index (κ2) is 5.76. The molecule has 1 spiro atoms. The number of nitrogens with two attached hydrogens (primary N) is 1. The number of rotatable bonds is 0. The lowest BCUT2D eigenvalue weighted by molar-refractivity contribution is 0.143. The number of benzene rings is 2. The lowest BCUT2D eigenvalue weighted by Crippen LogP contribution is -2.31. The molecule has 0 amide bonds. The van der Waals surface area contributed by atoms with E-state index in [2.05, 4.69) is 32.8 Å². The summed E-state index contributed by atoms with van der Waals surface area (Å²) < 4.78 is 12.5. The minimum Gasteiger partial charge on any atom is -0.462 e. The van der Waals surface area contributed by atoms with Crippen molar-refractivity contribution in [1.82, 2.24) is 0 Å². The second-order valence-corrected chi connectivity index (χ2v) is 7.78. The van der Waals surface area contributed by atoms with Crippen LogP contribution in [0.5, 0.6) is 11.5 Å². The Morgan fingerprint density at radius 1 is 1.19 bits per heavy atom. The molecule has 0 fully saturated rings. The van der Waals surface area contributed by atoms with Crippen LogP contribution in [-0.4, -0.2) is 23.3 Å². The minimum atomic E-state index is -1.07. The molecule has 0 saturated carbocycles. The summed E-state index contributed by atoms with van der Waals surface area (Å²) in [7, 11) is 0. The average Bonchev–Trinajstić information content (AvgIpc) is 2.96. The van der Waals surface area contributed by atoms with E-state index in [1.807, 2.05) is 36.4 Å². The number of hydrogen-bond donors (Lipinski definition) is 2. The summed E-state index contributed by atoms with van der Waals surface area (Å²) in [6, 6.07) is 11.6. The van der Waals surface area contributed by atoms with Gasteiger partial charge in [-0.2, -0.15) is 0 Å². The van der Waals surface area contributed by atoms with Crippen LogP contribution in [0.25, 0.3) is 0 Å². The zero-order chi connectivity index (χ0) is 18.5. The van der Waals surface area contributed by atoms with Crippen LogP contribution in [-0.2, 0) is 10.3 Å². The molecule has 132 valence electrons. The molecule has 2 aromatic rings. The molecule has 2 heterocycles. The van der Waals surface area contributed by atoms with Gasteiger partial charge >= 0.3 is 0 Å². The van der Waals surface area contributed by atoms with E-state index in [-0.39, 0.29) is 6.02 Å². The summed E-state index contributed by atoms with van der Waals surface area (Å²) in [5, 5.41) is 9.86. The monoisotopic (exact) mass is 412 g/mol. The molecule has 4 rings (SSSR count). The van der Waals surface area contributed by atoms with Gasteiger partial charge in [0.2, 0.25) is 0 Å². The lowest BCUT2D eigenvalue weighted by atomic mass is 9.81. The van der Waals surface area contributed by atoms with Gasteiger partial charge in [0.25, 0.3) is 6.02 Å². The zero-order valence-electron chi connectivity index (χ0n) is 14.3. The van der Waals surface area contributed by atoms with Gasteiger partial charge in [0.1, 0.15) is 23.7 Å². The van der Waals surface area contributed by atoms with E-state index in [1.54, 1.807) is 13.8 Å². The minimum absolute atomic E-state index is 0.150. The standard InChI is InChI=1S/C20H17BrN2O3/c1-19(2,24)8-7-12-3-5-16-14(9-12)20(11-25-18(22)23-20)15-10-13(21)4-6-17(15)26-16/h3-6,9-10,24H,11H2,1-2H3,(H2,22,23). The number of ether oxygens (including phenoxy) is 2. The Labute approximate surface area is 160 Å². The maximum Gasteiger partial charge on any atom is 0.283 e. The highest BCUT2D eigenvalue weighted by Crippen LogP contribution is 2.51. The number of fused-ring (bicyclic) bond motifs is 4. The van der Waals surface area contributed by atoms with E-state index in [0.29, 0.717) is 12.4 Å². The predicted octanol–water partition coefficient (Wildman–Crippen LogP) is 3.27. The molecule has 5 nitrogen and oxygen atoms in total. The summed E-state index contributed by atoms with van der Waals surface area (Å²) in [5.74, 6) is 7.24. The van der Waals surface area contributed by atoms with Crippen LogP contribution in [0, 0.1) is 11.8 Å². The van der Waals surface area contributed by atoms with Crippen molar-refractivity contribution in [3.63, 3.8) is 0 Å². The van der Waals surface area contributed by atoms with Gasteiger partial charge in [-0.1, -0.05) is 27.8 Å². The Balaban J connectivity index is 1.92. The van der Waals surface area contributed by atoms with E-state index in [0.717, 1.165) is 26.9 Å². The molecular weight excluding hydrogens is 396 g/mol. The molecule has 2 aromatic carbocycles. The first-order valence-electron chi connectivity index (χ1n) is 8.13. The predicted molar refractivity (Wildman–Crippen MR) is 102 cm³/mol. The molecule has 0 aromatic heterocycles. The number of halogens is 1. The van der Waals surface area contributed by atoms with Crippen molar-refractivity contribution >= 4 is 22.0 Å². The number of amidine groups is 1. The van der Waals surface area contributed by atoms with Crippen LogP contribution in [0.4, 0.5) is 0 Å². The van der Waals surface area contributed by atoms with E-state index >= 15 is 0 Å². The topological polar surface area (TPSA) is 77.1 Å². The third kappa shape index (κ3) is 2.83. The van der Waals surface area contributed by atoms with E-state index in [9.17, 15) is 5.11 Å². The molecule has 26 heavy (non-hydrogen) atoms. The van der Waals surface area contributed by atoms with Crippen molar-refractivity contribution in [1.29, 1.82) is 0 Å². The first kappa shape index (κ1) is 17.0. The van der Waals surface area contributed by atoms with Crippen molar-refractivity contribution < 1.29 is 14.6 Å². The molecule has 0 radical (unpaired) electrons. The number of aliphatic hydroxyl groups is 1. The van der Waals surface area contributed by atoms with Crippen molar-refractivity contribution in [2.45, 2.75) is 25.0 Å². The summed E-state index contributed by atoms with van der Waals surface area (Å²) in [6.07, 6.45) is 0. The highest BCUT2D eigenvalue weighted by molar-refractivity contribution is 9.10. The number of aliphatic imine (C=N–C) groups is 1. The van der Waals surface area contributed by atoms with Crippen LogP contribution >= 0.6 is 15.9 Å². The van der Waals surface area contributed by atoms with Gasteiger partial charge in [0, 0.05) is 21.2 Å². The van der Waals surface area contributed by atoms with Crippen molar-refractivity contribution in [2.24, 2.45) is 10.7 Å². The van der Waals surface area contributed by atoms with Crippen LogP contribution in [0.2, 0.25) is 0 Å². The molecule has 6 heteroatoms. The molecule has 2 aliphatic rings. The largest absolute Gasteiger partial charge is 0.462 e. The molecule has 0 aliphatic carbocycles. The highest BCUT2D eigenvalue weighted by Gasteiger charge is 2.47. The number of hydrogen-bond acceptors (Lipinski definition) is 5. The number of nitrogens with zero attached hydrogens (tertiary/aromatic N) is 1. The fraction of sp³-hybridized carbons (Fsp3) is 0.250. The van der Waals surface area contributed by atoms with E-state index in [1.165, 1.54) is 0 Å². The molecule has 0 saturated heterocycles. The van der Waals surface area contributed by atoms with Gasteiger partial charge in [0.15, 0.2) is 5.54 Å². The summed E-state index contributed by atoms with van der Waals surface area (Å²) in [5.41, 5.74) is 6.50. The molecule has 1 atom stereocenters. The Morgan fingerprint density at radius 2 is 1.88 bits per heavy atom. The lowest BCUT2D eigenvalue weighted by Gasteiger charge is -2.33. The second-order valence-electron chi connectivity index (χ2n) is 6.86. The Kier molecular flexibility index (Phi) is 3.76. The van der Waals surface area contributed by atoms with Gasteiger partial charge in [-0.15, -0.1) is 0 Å². The maximum absolute atomic E-state index is 9.86. The molecule has 0 bridgehead atoms. The SMILES string of the molecule is CC(C)(O)C#Cc1ccc2c(c1)C1(COC(N)=N1)c1cc(Br)ccc1O2. The van der Waals surface area contributed by atoms with Gasteiger partial charge in [0.05, 0.1) is 0 Å². The first-order chi connectivity index (χ1) is 12.3. The van der Waals surface area contributed by atoms with Crippen LogP contribution in [0.15, 0.2) is 45.9 Å². The molecule has 2 aliphatic heterocycles. The maximum atomic E-state index is 9.86. The summed E-state index contributed by atoms with van der Waals surface area (Å²) >= 11 is 3.51. The molecular formula is C20H17BrN2O3. The normalized spacial score (nSPS) is 20.2. The van der Waals surface area contributed by atoms with Crippen LogP contribution in [0.1, 0.15) is 30.5 Å². The van der Waals surface area contributed by atoms with Crippen molar-refractivity contribution in [2.75, 3.05) is 6.61 Å². The molecule has 1 unspecified atom stereocenters. The zero-order valence-corrected chi connectivity index (χ0v) is 15.9. The first-order valence-corrected chi connectivity index (χ1v) is 8.92. The Bertz CT molecular complexity index is 998. The Morgan fingerprint density at radius 3 is 2.54 bits per heavy atom. The third-order valence-electron chi connectivity index (χ3n) is 4.27. The van der Waals surface area contributed by atoms with E-state index in [4.69, 9.17) is 15.2 Å². The molecule has 3 N–H and O–H groups in total.